The molecule has 150 valence electrons. The van der Waals surface area contributed by atoms with Crippen molar-refractivity contribution in [3.05, 3.63) is 48.5 Å². The fraction of sp³-hybridized carbons (Fsp3) is 0.435. The van der Waals surface area contributed by atoms with Crippen molar-refractivity contribution in [2.45, 2.75) is 44.6 Å². The maximum atomic E-state index is 10.4. The van der Waals surface area contributed by atoms with E-state index in [0.29, 0.717) is 30.8 Å². The predicted molar refractivity (Wildman–Crippen MR) is 116 cm³/mol. The average molecular weight is 382 g/mol. The number of hydrogen-bond acceptors (Lipinski definition) is 3. The van der Waals surface area contributed by atoms with Crippen LogP contribution in [0.4, 0.5) is 5.69 Å². The van der Waals surface area contributed by atoms with Crippen LogP contribution < -0.4 is 10.6 Å². The molecule has 0 aromatic heterocycles. The Balaban J connectivity index is 1.78. The van der Waals surface area contributed by atoms with Gasteiger partial charge in [0.05, 0.1) is 18.8 Å². The number of rotatable bonds is 6. The molecule has 1 aliphatic rings. The zero-order valence-electron chi connectivity index (χ0n) is 16.7. The van der Waals surface area contributed by atoms with E-state index in [1.807, 2.05) is 30.3 Å². The summed E-state index contributed by atoms with van der Waals surface area (Å²) in [5, 5.41) is 17.3. The lowest BCUT2D eigenvalue weighted by Crippen LogP contribution is -2.39. The Morgan fingerprint density at radius 3 is 2.50 bits per heavy atom. The first-order valence-electron chi connectivity index (χ1n) is 10.2. The molecule has 1 aliphatic carbocycles. The molecule has 0 heterocycles. The Kier molecular flexibility index (Phi) is 7.73. The highest BCUT2D eigenvalue weighted by atomic mass is 16.5. The van der Waals surface area contributed by atoms with E-state index in [1.165, 1.54) is 25.7 Å². The summed E-state index contributed by atoms with van der Waals surface area (Å²) in [6.45, 7) is 1.13. The van der Waals surface area contributed by atoms with Crippen LogP contribution in [-0.2, 0) is 4.74 Å². The summed E-state index contributed by atoms with van der Waals surface area (Å²) in [6.07, 6.45) is 7.42. The number of anilines is 1. The lowest BCUT2D eigenvalue weighted by atomic mass is 10.0. The third-order valence-electron chi connectivity index (χ3n) is 5.12. The first kappa shape index (κ1) is 20.2. The van der Waals surface area contributed by atoms with Gasteiger partial charge in [-0.05, 0) is 36.1 Å². The van der Waals surface area contributed by atoms with Gasteiger partial charge in [-0.1, -0.05) is 62.1 Å². The monoisotopic (exact) mass is 381 g/mol. The van der Waals surface area contributed by atoms with Crippen LogP contribution in [0.25, 0.3) is 11.1 Å². The number of benzene rings is 2. The number of aromatic hydroxyl groups is 1. The molecule has 1 saturated carbocycles. The van der Waals surface area contributed by atoms with Crippen molar-refractivity contribution in [2.24, 2.45) is 4.99 Å². The van der Waals surface area contributed by atoms with Crippen LogP contribution in [-0.4, -0.2) is 37.4 Å². The number of guanidine groups is 1. The van der Waals surface area contributed by atoms with Gasteiger partial charge in [-0.25, -0.2) is 0 Å². The highest BCUT2D eigenvalue weighted by Crippen LogP contribution is 2.30. The van der Waals surface area contributed by atoms with E-state index >= 15 is 0 Å². The first-order valence-corrected chi connectivity index (χ1v) is 10.2. The minimum absolute atomic E-state index is 0.210. The van der Waals surface area contributed by atoms with E-state index in [9.17, 15) is 5.11 Å². The molecule has 2 aromatic carbocycles. The molecule has 28 heavy (non-hydrogen) atoms. The maximum Gasteiger partial charge on any atom is 0.196 e. The SMILES string of the molecule is COCCN=C(Nc1cc(-c2ccccc2)ccc1O)NC1CCCCCC1. The molecule has 3 N–H and O–H groups in total. The van der Waals surface area contributed by atoms with Crippen LogP contribution in [0.15, 0.2) is 53.5 Å². The highest BCUT2D eigenvalue weighted by Gasteiger charge is 2.15. The van der Waals surface area contributed by atoms with Gasteiger partial charge in [0.2, 0.25) is 0 Å². The molecular weight excluding hydrogens is 350 g/mol. The van der Waals surface area contributed by atoms with Gasteiger partial charge < -0.3 is 20.5 Å². The number of nitrogens with one attached hydrogen (secondary N) is 2. The number of methoxy groups -OCH3 is 1. The van der Waals surface area contributed by atoms with Crippen molar-refractivity contribution >= 4 is 11.6 Å². The molecule has 0 amide bonds. The van der Waals surface area contributed by atoms with Gasteiger partial charge in [-0.2, -0.15) is 0 Å². The van der Waals surface area contributed by atoms with Gasteiger partial charge in [0.1, 0.15) is 5.75 Å². The van der Waals surface area contributed by atoms with E-state index < -0.39 is 0 Å². The molecule has 0 unspecified atom stereocenters. The van der Waals surface area contributed by atoms with Crippen LogP contribution in [0, 0.1) is 0 Å². The Bertz CT molecular complexity index is 754. The molecule has 2 aromatic rings. The Labute approximate surface area is 167 Å². The zero-order chi connectivity index (χ0) is 19.6. The number of nitrogens with zero attached hydrogens (tertiary/aromatic N) is 1. The molecule has 5 heteroatoms. The van der Waals surface area contributed by atoms with Gasteiger partial charge in [-0.15, -0.1) is 0 Å². The van der Waals surface area contributed by atoms with Crippen LogP contribution in [0.1, 0.15) is 38.5 Å². The zero-order valence-corrected chi connectivity index (χ0v) is 16.7. The van der Waals surface area contributed by atoms with E-state index in [0.717, 1.165) is 24.0 Å². The van der Waals surface area contributed by atoms with Gasteiger partial charge in [0.15, 0.2) is 5.96 Å². The molecular formula is C23H31N3O2. The highest BCUT2D eigenvalue weighted by molar-refractivity contribution is 5.96. The minimum Gasteiger partial charge on any atom is -0.506 e. The number of phenolic OH excluding ortho intramolecular Hbond substituents is 1. The van der Waals surface area contributed by atoms with Crippen molar-refractivity contribution < 1.29 is 9.84 Å². The molecule has 1 fully saturated rings. The van der Waals surface area contributed by atoms with E-state index in [-0.39, 0.29) is 5.75 Å². The molecule has 5 nitrogen and oxygen atoms in total. The molecule has 0 bridgehead atoms. The van der Waals surface area contributed by atoms with Crippen LogP contribution >= 0.6 is 0 Å². The summed E-state index contributed by atoms with van der Waals surface area (Å²) in [7, 11) is 1.68. The van der Waals surface area contributed by atoms with E-state index in [2.05, 4.69) is 27.8 Å². The van der Waals surface area contributed by atoms with Crippen molar-refractivity contribution in [3.8, 4) is 16.9 Å². The van der Waals surface area contributed by atoms with Crippen LogP contribution in [0.5, 0.6) is 5.75 Å². The van der Waals surface area contributed by atoms with Gasteiger partial charge >= 0.3 is 0 Å². The molecule has 0 spiro atoms. The summed E-state index contributed by atoms with van der Waals surface area (Å²) in [6, 6.07) is 16.2. The summed E-state index contributed by atoms with van der Waals surface area (Å²) >= 11 is 0. The number of ether oxygens (including phenoxy) is 1. The lowest BCUT2D eigenvalue weighted by Gasteiger charge is -2.21. The summed E-state index contributed by atoms with van der Waals surface area (Å²) in [5.41, 5.74) is 2.81. The van der Waals surface area contributed by atoms with Crippen LogP contribution in [0.3, 0.4) is 0 Å². The quantitative estimate of drug-likeness (QED) is 0.221. The molecule has 3 rings (SSSR count). The molecule has 0 saturated heterocycles. The lowest BCUT2D eigenvalue weighted by molar-refractivity contribution is 0.208. The Morgan fingerprint density at radius 2 is 1.79 bits per heavy atom. The fourth-order valence-electron chi connectivity index (χ4n) is 3.56. The maximum absolute atomic E-state index is 10.4. The first-order chi connectivity index (χ1) is 13.8. The third-order valence-corrected chi connectivity index (χ3v) is 5.12. The predicted octanol–water partition coefficient (Wildman–Crippen LogP) is 4.79. The van der Waals surface area contributed by atoms with Crippen LogP contribution in [0.2, 0.25) is 0 Å². The largest absolute Gasteiger partial charge is 0.506 e. The number of hydrogen-bond donors (Lipinski definition) is 3. The van der Waals surface area contributed by atoms with Crippen molar-refractivity contribution in [2.75, 3.05) is 25.6 Å². The summed E-state index contributed by atoms with van der Waals surface area (Å²) in [4.78, 5) is 4.64. The number of aliphatic imine (C=N–C) groups is 1. The second-order valence-electron chi connectivity index (χ2n) is 7.28. The second-order valence-corrected chi connectivity index (χ2v) is 7.28. The minimum atomic E-state index is 0.210. The van der Waals surface area contributed by atoms with E-state index in [4.69, 9.17) is 4.74 Å². The van der Waals surface area contributed by atoms with Gasteiger partial charge in [0.25, 0.3) is 0 Å². The van der Waals surface area contributed by atoms with Gasteiger partial charge in [0, 0.05) is 13.2 Å². The Hall–Kier alpha value is -2.53. The standard InChI is InChI=1S/C23H31N3O2/c1-28-16-15-24-23(25-20-11-7-2-3-8-12-20)26-21-17-19(13-14-22(21)27)18-9-5-4-6-10-18/h4-6,9-10,13-14,17,20,27H,2-3,7-8,11-12,15-16H2,1H3,(H2,24,25,26). The number of phenols is 1. The average Bonchev–Trinajstić information content (AvgIpc) is 2.99. The Morgan fingerprint density at radius 1 is 1.04 bits per heavy atom. The third kappa shape index (κ3) is 5.99. The summed E-state index contributed by atoms with van der Waals surface area (Å²) in [5.74, 6) is 0.909. The second kappa shape index (κ2) is 10.7. The van der Waals surface area contributed by atoms with Crippen molar-refractivity contribution in [3.63, 3.8) is 0 Å². The topological polar surface area (TPSA) is 65.9 Å². The normalized spacial score (nSPS) is 15.8. The smallest absolute Gasteiger partial charge is 0.196 e. The van der Waals surface area contributed by atoms with Crippen molar-refractivity contribution in [1.29, 1.82) is 0 Å². The fourth-order valence-corrected chi connectivity index (χ4v) is 3.56. The van der Waals surface area contributed by atoms with E-state index in [1.54, 1.807) is 13.2 Å². The van der Waals surface area contributed by atoms with Gasteiger partial charge in [-0.3, -0.25) is 4.99 Å². The summed E-state index contributed by atoms with van der Waals surface area (Å²) < 4.78 is 5.14. The molecule has 0 radical (unpaired) electrons. The molecule has 0 aliphatic heterocycles. The molecule has 0 atom stereocenters. The van der Waals surface area contributed by atoms with Crippen molar-refractivity contribution in [1.82, 2.24) is 5.32 Å².